The summed E-state index contributed by atoms with van der Waals surface area (Å²) in [4.78, 5) is 18.1. The topological polar surface area (TPSA) is 58.7 Å². The molecule has 0 atom stereocenters. The van der Waals surface area contributed by atoms with Crippen molar-refractivity contribution in [2.24, 2.45) is 0 Å². The molecule has 0 spiro atoms. The van der Waals surface area contributed by atoms with Gasteiger partial charge in [-0.15, -0.1) is 0 Å². The van der Waals surface area contributed by atoms with Crippen LogP contribution in [0.1, 0.15) is 5.56 Å². The van der Waals surface area contributed by atoms with Crippen LogP contribution in [0.2, 0.25) is 0 Å². The molecule has 2 aromatic heterocycles. The maximum Gasteiger partial charge on any atom is 0.263 e. The zero-order valence-electron chi connectivity index (χ0n) is 16.6. The van der Waals surface area contributed by atoms with Crippen LogP contribution < -0.4 is 5.56 Å². The maximum absolute atomic E-state index is 13.6. The van der Waals surface area contributed by atoms with Crippen molar-refractivity contribution < 1.29 is 0 Å². The highest BCUT2D eigenvalue weighted by atomic mass is 16.1. The number of hydrogen-bond donors (Lipinski definition) is 0. The summed E-state index contributed by atoms with van der Waals surface area (Å²) in [5.74, 6) is 0. The summed E-state index contributed by atoms with van der Waals surface area (Å²) in [5.41, 5.74) is 3.68. The van der Waals surface area contributed by atoms with Gasteiger partial charge in [0.15, 0.2) is 0 Å². The monoisotopic (exact) mass is 399 g/mol. The summed E-state index contributed by atoms with van der Waals surface area (Å²) < 4.78 is 1.64. The normalized spacial score (nSPS) is 10.7. The highest BCUT2D eigenvalue weighted by Crippen LogP contribution is 2.27. The smallest absolute Gasteiger partial charge is 0.263 e. The van der Waals surface area contributed by atoms with Gasteiger partial charge in [0.25, 0.3) is 5.56 Å². The van der Waals surface area contributed by atoms with Crippen LogP contribution in [0.25, 0.3) is 38.8 Å². The number of hydrogen-bond acceptors (Lipinski definition) is 3. The molecule has 0 unspecified atom stereocenters. The third-order valence-corrected chi connectivity index (χ3v) is 5.33. The minimum Gasteiger partial charge on any atom is -0.283 e. The number of benzene rings is 3. The lowest BCUT2D eigenvalue weighted by molar-refractivity contribution is 0.996. The summed E-state index contributed by atoms with van der Waals surface area (Å²) >= 11 is 0. The molecular weight excluding hydrogens is 382 g/mol. The van der Waals surface area contributed by atoms with E-state index in [1.807, 2.05) is 85.1 Å². The summed E-state index contributed by atoms with van der Waals surface area (Å²) in [7, 11) is 0. The van der Waals surface area contributed by atoms with E-state index in [1.165, 1.54) is 0 Å². The molecule has 0 saturated carbocycles. The fraction of sp³-hybridized carbons (Fsp3) is 0. The van der Waals surface area contributed by atoms with E-state index in [0.717, 1.165) is 27.7 Å². The molecule has 0 aliphatic heterocycles. The second kappa shape index (κ2) is 7.74. The molecule has 0 aliphatic rings. The van der Waals surface area contributed by atoms with Crippen LogP contribution in [0.3, 0.4) is 0 Å². The van der Waals surface area contributed by atoms with E-state index in [1.54, 1.807) is 22.9 Å². The number of aromatic nitrogens is 2. The van der Waals surface area contributed by atoms with Crippen molar-refractivity contribution in [1.29, 1.82) is 5.26 Å². The Hall–Kier alpha value is -4.49. The fourth-order valence-electron chi connectivity index (χ4n) is 3.78. The number of rotatable bonds is 3. The molecule has 0 N–H and O–H groups in total. The zero-order valence-corrected chi connectivity index (χ0v) is 16.6. The highest BCUT2D eigenvalue weighted by molar-refractivity contribution is 5.84. The Morgan fingerprint density at radius 1 is 0.774 bits per heavy atom. The number of fused-ring (bicyclic) bond motifs is 1. The van der Waals surface area contributed by atoms with Gasteiger partial charge in [0.2, 0.25) is 0 Å². The predicted octanol–water partition coefficient (Wildman–Crippen LogP) is 5.59. The van der Waals surface area contributed by atoms with E-state index in [4.69, 9.17) is 0 Å². The quantitative estimate of drug-likeness (QED) is 0.397. The summed E-state index contributed by atoms with van der Waals surface area (Å²) in [6, 6.07) is 30.8. The summed E-state index contributed by atoms with van der Waals surface area (Å²) in [6.07, 6.45) is 3.54. The average Bonchev–Trinajstić information content (AvgIpc) is 2.84. The lowest BCUT2D eigenvalue weighted by atomic mass is 9.99. The van der Waals surface area contributed by atoms with Gasteiger partial charge in [0.05, 0.1) is 17.3 Å². The van der Waals surface area contributed by atoms with Gasteiger partial charge in [-0.05, 0) is 47.2 Å². The molecule has 3 aromatic carbocycles. The second-order valence-electron chi connectivity index (χ2n) is 7.22. The molecule has 4 heteroatoms. The molecule has 0 fully saturated rings. The van der Waals surface area contributed by atoms with Crippen LogP contribution in [-0.4, -0.2) is 9.55 Å². The third kappa shape index (κ3) is 3.39. The molecule has 0 bridgehead atoms. The van der Waals surface area contributed by atoms with E-state index >= 15 is 0 Å². The lowest BCUT2D eigenvalue weighted by Crippen LogP contribution is -2.20. The van der Waals surface area contributed by atoms with E-state index < -0.39 is 0 Å². The Morgan fingerprint density at radius 3 is 2.35 bits per heavy atom. The molecule has 146 valence electrons. The fourth-order valence-corrected chi connectivity index (χ4v) is 3.78. The first-order valence-electron chi connectivity index (χ1n) is 9.91. The number of nitriles is 1. The van der Waals surface area contributed by atoms with Crippen molar-refractivity contribution in [2.75, 3.05) is 0 Å². The second-order valence-corrected chi connectivity index (χ2v) is 7.22. The first kappa shape index (κ1) is 18.5. The summed E-state index contributed by atoms with van der Waals surface area (Å²) in [6.45, 7) is 0. The van der Waals surface area contributed by atoms with Gasteiger partial charge < -0.3 is 0 Å². The Labute approximate surface area is 179 Å². The number of pyridine rings is 2. The number of nitrogens with zero attached hydrogens (tertiary/aromatic N) is 3. The van der Waals surface area contributed by atoms with Crippen LogP contribution in [0.4, 0.5) is 0 Å². The van der Waals surface area contributed by atoms with Gasteiger partial charge in [-0.2, -0.15) is 5.26 Å². The predicted molar refractivity (Wildman–Crippen MR) is 123 cm³/mol. The minimum absolute atomic E-state index is 0.183. The lowest BCUT2D eigenvalue weighted by Gasteiger charge is -2.13. The van der Waals surface area contributed by atoms with Gasteiger partial charge in [0.1, 0.15) is 0 Å². The molecular formula is C27H17N3O. The highest BCUT2D eigenvalue weighted by Gasteiger charge is 2.15. The van der Waals surface area contributed by atoms with Gasteiger partial charge in [-0.25, -0.2) is 0 Å². The Balaban J connectivity index is 1.81. The van der Waals surface area contributed by atoms with Crippen LogP contribution in [0, 0.1) is 11.3 Å². The SMILES string of the molecule is N#Cc1ccccc1-c1cc(-c2ccccn2)cn(-c2ccc3ccccc3c2)c1=O. The van der Waals surface area contributed by atoms with Crippen molar-refractivity contribution in [3.05, 3.63) is 119 Å². The van der Waals surface area contributed by atoms with Crippen molar-refractivity contribution in [2.45, 2.75) is 0 Å². The standard InChI is InChI=1S/C27H17N3O/c28-17-21-9-3-4-10-24(21)25-16-22(26-11-5-6-14-29-26)18-30(27(25)31)23-13-12-19-7-1-2-8-20(19)15-23/h1-16,18H. The van der Waals surface area contributed by atoms with Crippen LogP contribution in [0.15, 0.2) is 108 Å². The Kier molecular flexibility index (Phi) is 4.62. The molecule has 2 heterocycles. The van der Waals surface area contributed by atoms with E-state index in [-0.39, 0.29) is 5.56 Å². The van der Waals surface area contributed by atoms with Crippen LogP contribution in [-0.2, 0) is 0 Å². The Bertz CT molecular complexity index is 1510. The van der Waals surface area contributed by atoms with E-state index in [2.05, 4.69) is 11.1 Å². The van der Waals surface area contributed by atoms with Crippen molar-refractivity contribution >= 4 is 10.8 Å². The van der Waals surface area contributed by atoms with Gasteiger partial charge >= 0.3 is 0 Å². The Morgan fingerprint density at radius 2 is 1.55 bits per heavy atom. The van der Waals surface area contributed by atoms with Gasteiger partial charge in [0, 0.05) is 34.8 Å². The first-order chi connectivity index (χ1) is 15.2. The molecule has 0 saturated heterocycles. The van der Waals surface area contributed by atoms with Crippen LogP contribution >= 0.6 is 0 Å². The molecule has 31 heavy (non-hydrogen) atoms. The summed E-state index contributed by atoms with van der Waals surface area (Å²) in [5, 5.41) is 11.7. The van der Waals surface area contributed by atoms with Crippen molar-refractivity contribution in [1.82, 2.24) is 9.55 Å². The molecule has 0 amide bonds. The molecule has 0 aliphatic carbocycles. The van der Waals surface area contributed by atoms with Gasteiger partial charge in [-0.3, -0.25) is 14.3 Å². The molecule has 4 nitrogen and oxygen atoms in total. The zero-order chi connectivity index (χ0) is 21.2. The maximum atomic E-state index is 13.6. The third-order valence-electron chi connectivity index (χ3n) is 5.33. The average molecular weight is 399 g/mol. The van der Waals surface area contributed by atoms with Crippen molar-refractivity contribution in [3.8, 4) is 34.1 Å². The van der Waals surface area contributed by atoms with Crippen LogP contribution in [0.5, 0.6) is 0 Å². The van der Waals surface area contributed by atoms with Crippen molar-refractivity contribution in [3.63, 3.8) is 0 Å². The first-order valence-corrected chi connectivity index (χ1v) is 9.91. The van der Waals surface area contributed by atoms with E-state index in [9.17, 15) is 10.1 Å². The largest absolute Gasteiger partial charge is 0.283 e. The minimum atomic E-state index is -0.183. The van der Waals surface area contributed by atoms with E-state index in [0.29, 0.717) is 16.7 Å². The molecule has 5 aromatic rings. The molecule has 0 radical (unpaired) electrons. The molecule has 5 rings (SSSR count). The van der Waals surface area contributed by atoms with Gasteiger partial charge in [-0.1, -0.05) is 54.6 Å².